The van der Waals surface area contributed by atoms with E-state index < -0.39 is 0 Å². The minimum Gasteiger partial charge on any atom is -0.445 e. The molecule has 0 amide bonds. The van der Waals surface area contributed by atoms with Crippen LogP contribution in [-0.4, -0.2) is 29.2 Å². The summed E-state index contributed by atoms with van der Waals surface area (Å²) in [6, 6.07) is 7.76. The number of aromatic nitrogens is 2. The second kappa shape index (κ2) is 10.1. The zero-order valence-electron chi connectivity index (χ0n) is 15.5. The maximum Gasteiger partial charge on any atom is 2.00 e. The van der Waals surface area contributed by atoms with Gasteiger partial charge in [0.05, 0.1) is 6.20 Å². The summed E-state index contributed by atoms with van der Waals surface area (Å²) in [5.41, 5.74) is 15.9. The van der Waals surface area contributed by atoms with Gasteiger partial charge in [-0.2, -0.15) is 5.10 Å². The Balaban J connectivity index is 0.00000261. The summed E-state index contributed by atoms with van der Waals surface area (Å²) in [4.78, 5) is 4.44. The fraction of sp³-hybridized carbons (Fsp3) is 0.300. The van der Waals surface area contributed by atoms with Gasteiger partial charge in [0.15, 0.2) is 0 Å². The van der Waals surface area contributed by atoms with E-state index >= 15 is 0 Å². The fourth-order valence-electron chi connectivity index (χ4n) is 3.22. The molecular formula is C20H25N5OU. The van der Waals surface area contributed by atoms with Crippen LogP contribution in [0.1, 0.15) is 24.0 Å². The first kappa shape index (κ1) is 21.7. The molecule has 140 valence electrons. The minimum absolute atomic E-state index is 0. The van der Waals surface area contributed by atoms with Gasteiger partial charge in [0.1, 0.15) is 5.82 Å². The molecule has 0 saturated carbocycles. The third-order valence-corrected chi connectivity index (χ3v) is 4.60. The molecule has 0 spiro atoms. The van der Waals surface area contributed by atoms with Crippen LogP contribution in [0.25, 0.3) is 5.57 Å². The SMILES string of the molecule is [CH2-]COC[CH-]Cn1cc(C2C=NC(N)=C(c3ccc(N)cc3)C2C)cn1.[U+2]. The van der Waals surface area contributed by atoms with Crippen LogP contribution < -0.4 is 11.5 Å². The molecule has 0 fully saturated rings. The average Bonchev–Trinajstić information content (AvgIpc) is 3.09. The van der Waals surface area contributed by atoms with Gasteiger partial charge in [0.25, 0.3) is 0 Å². The van der Waals surface area contributed by atoms with Crippen molar-refractivity contribution >= 4 is 17.5 Å². The smallest absolute Gasteiger partial charge is 0.445 e. The number of allylic oxidation sites excluding steroid dienone is 1. The van der Waals surface area contributed by atoms with E-state index in [1.807, 2.05) is 47.8 Å². The predicted molar refractivity (Wildman–Crippen MR) is 105 cm³/mol. The molecular weight excluding hydrogens is 564 g/mol. The maximum atomic E-state index is 6.18. The summed E-state index contributed by atoms with van der Waals surface area (Å²) < 4.78 is 7.12. The number of ether oxygens (including phenoxy) is 1. The van der Waals surface area contributed by atoms with Crippen LogP contribution in [0.15, 0.2) is 47.5 Å². The predicted octanol–water partition coefficient (Wildman–Crippen LogP) is 2.65. The van der Waals surface area contributed by atoms with Gasteiger partial charge >= 0.3 is 31.1 Å². The van der Waals surface area contributed by atoms with Crippen LogP contribution in [0.2, 0.25) is 0 Å². The zero-order valence-corrected chi connectivity index (χ0v) is 19.7. The Labute approximate surface area is 184 Å². The Morgan fingerprint density at radius 3 is 2.70 bits per heavy atom. The van der Waals surface area contributed by atoms with Crippen molar-refractivity contribution in [1.82, 2.24) is 9.78 Å². The largest absolute Gasteiger partial charge is 2.00 e. The molecule has 1 aromatic carbocycles. The van der Waals surface area contributed by atoms with Gasteiger partial charge in [-0.25, -0.2) is 4.99 Å². The second-order valence-corrected chi connectivity index (χ2v) is 6.37. The van der Waals surface area contributed by atoms with E-state index in [2.05, 4.69) is 30.1 Å². The average molecular weight is 589 g/mol. The summed E-state index contributed by atoms with van der Waals surface area (Å²) in [6.07, 6.45) is 7.89. The molecule has 1 aliphatic heterocycles. The summed E-state index contributed by atoms with van der Waals surface area (Å²) in [5.74, 6) is 0.872. The first-order valence-corrected chi connectivity index (χ1v) is 8.71. The van der Waals surface area contributed by atoms with Crippen molar-refractivity contribution < 1.29 is 35.9 Å². The standard InChI is InChI=1S/C20H25N5O.U/c1-3-26-10-4-9-25-13-16(11-24-25)18-12-23-20(22)19(14(18)2)15-5-7-17(21)8-6-15;/h4-8,11-14,18H,1,3,9-10,21-22H2,2H3;/q-2;+2. The third kappa shape index (κ3) is 5.25. The first-order chi connectivity index (χ1) is 12.6. The molecule has 1 aromatic heterocycles. The molecule has 4 N–H and O–H groups in total. The number of hydrogen-bond acceptors (Lipinski definition) is 5. The van der Waals surface area contributed by atoms with E-state index in [0.29, 0.717) is 25.6 Å². The number of hydrogen-bond donors (Lipinski definition) is 2. The molecule has 0 radical (unpaired) electrons. The Bertz CT molecular complexity index is 797. The van der Waals surface area contributed by atoms with Crippen molar-refractivity contribution in [3.63, 3.8) is 0 Å². The number of benzene rings is 1. The Morgan fingerprint density at radius 1 is 1.26 bits per heavy atom. The van der Waals surface area contributed by atoms with Crippen molar-refractivity contribution in [2.24, 2.45) is 16.6 Å². The van der Waals surface area contributed by atoms with Crippen molar-refractivity contribution in [3.8, 4) is 0 Å². The number of aliphatic imine (C=N–C) groups is 1. The molecule has 2 heterocycles. The van der Waals surface area contributed by atoms with Gasteiger partial charge in [-0.1, -0.05) is 38.8 Å². The minimum atomic E-state index is 0. The molecule has 7 heteroatoms. The van der Waals surface area contributed by atoms with E-state index in [0.717, 1.165) is 22.4 Å². The summed E-state index contributed by atoms with van der Waals surface area (Å²) in [7, 11) is 0. The van der Waals surface area contributed by atoms with Crippen LogP contribution in [0.4, 0.5) is 5.69 Å². The Kier molecular flexibility index (Phi) is 8.15. The quantitative estimate of drug-likeness (QED) is 0.295. The van der Waals surface area contributed by atoms with Gasteiger partial charge in [0, 0.05) is 29.6 Å². The van der Waals surface area contributed by atoms with Gasteiger partial charge in [0.2, 0.25) is 0 Å². The maximum absolute atomic E-state index is 6.18. The molecule has 0 aliphatic carbocycles. The van der Waals surface area contributed by atoms with Crippen LogP contribution in [0, 0.1) is 50.4 Å². The monoisotopic (exact) mass is 589 g/mol. The number of nitrogens with two attached hydrogens (primary N) is 2. The molecule has 2 unspecified atom stereocenters. The van der Waals surface area contributed by atoms with Crippen molar-refractivity contribution in [1.29, 1.82) is 0 Å². The van der Waals surface area contributed by atoms with E-state index in [4.69, 9.17) is 16.2 Å². The van der Waals surface area contributed by atoms with Crippen molar-refractivity contribution in [2.45, 2.75) is 19.4 Å². The van der Waals surface area contributed by atoms with Crippen molar-refractivity contribution in [3.05, 3.63) is 67.0 Å². The summed E-state index contributed by atoms with van der Waals surface area (Å²) in [5, 5.41) is 4.44. The molecule has 3 rings (SSSR count). The van der Waals surface area contributed by atoms with Gasteiger partial charge < -0.3 is 27.8 Å². The van der Waals surface area contributed by atoms with Gasteiger partial charge in [-0.05, 0) is 29.2 Å². The van der Waals surface area contributed by atoms with E-state index in [-0.39, 0.29) is 42.9 Å². The third-order valence-electron chi connectivity index (χ3n) is 4.60. The van der Waals surface area contributed by atoms with Crippen molar-refractivity contribution in [2.75, 3.05) is 18.9 Å². The number of rotatable bonds is 7. The Morgan fingerprint density at radius 2 is 2.00 bits per heavy atom. The van der Waals surface area contributed by atoms with E-state index in [1.165, 1.54) is 0 Å². The molecule has 27 heavy (non-hydrogen) atoms. The number of nitrogens with zero attached hydrogens (tertiary/aromatic N) is 3. The van der Waals surface area contributed by atoms with Crippen LogP contribution in [-0.2, 0) is 11.3 Å². The van der Waals surface area contributed by atoms with E-state index in [1.54, 1.807) is 0 Å². The zero-order chi connectivity index (χ0) is 18.5. The molecule has 0 saturated heterocycles. The second-order valence-electron chi connectivity index (χ2n) is 6.37. The number of anilines is 1. The molecule has 2 aromatic rings. The topological polar surface area (TPSA) is 91.5 Å². The first-order valence-electron chi connectivity index (χ1n) is 8.71. The Hall–Kier alpha value is -1.55. The number of nitrogen functional groups attached to an aromatic ring is 1. The van der Waals surface area contributed by atoms with Crippen LogP contribution in [0.5, 0.6) is 0 Å². The molecule has 0 bridgehead atoms. The summed E-state index contributed by atoms with van der Waals surface area (Å²) in [6.45, 7) is 7.55. The molecule has 1 aliphatic rings. The molecule has 2 atom stereocenters. The van der Waals surface area contributed by atoms with Gasteiger partial charge in [-0.15, -0.1) is 0 Å². The molecule has 6 nitrogen and oxygen atoms in total. The van der Waals surface area contributed by atoms with Crippen LogP contribution in [0.3, 0.4) is 0 Å². The summed E-state index contributed by atoms with van der Waals surface area (Å²) >= 11 is 0. The van der Waals surface area contributed by atoms with E-state index in [9.17, 15) is 0 Å². The van der Waals surface area contributed by atoms with Crippen LogP contribution >= 0.6 is 0 Å². The normalized spacial score (nSPS) is 19.2. The fourth-order valence-corrected chi connectivity index (χ4v) is 3.22. The van der Waals surface area contributed by atoms with Gasteiger partial charge in [-0.3, -0.25) is 6.42 Å².